The molecule has 0 aliphatic rings. The molecule has 0 bridgehead atoms. The lowest BCUT2D eigenvalue weighted by Crippen LogP contribution is -2.66. The molecule has 0 spiro atoms. The third-order valence-electron chi connectivity index (χ3n) is 6.91. The Balaban J connectivity index is 2.13. The highest BCUT2D eigenvalue weighted by atomic mass is 28.4. The van der Waals surface area contributed by atoms with Gasteiger partial charge < -0.3 is 4.43 Å². The zero-order valence-electron chi connectivity index (χ0n) is 22.2. The molecule has 0 amide bonds. The first-order valence-electron chi connectivity index (χ1n) is 12.8. The molecule has 0 saturated carbocycles. The number of hydrogen-bond donors (Lipinski definition) is 0. The Morgan fingerprint density at radius 2 is 1.36 bits per heavy atom. The van der Waals surface area contributed by atoms with Crippen LogP contribution < -0.4 is 10.4 Å². The highest BCUT2D eigenvalue weighted by Crippen LogP contribution is 2.36. The Labute approximate surface area is 205 Å². The molecule has 0 fully saturated rings. The summed E-state index contributed by atoms with van der Waals surface area (Å²) >= 11 is 0. The van der Waals surface area contributed by atoms with Crippen LogP contribution in [-0.2, 0) is 4.43 Å². The maximum Gasteiger partial charge on any atom is 0.261 e. The van der Waals surface area contributed by atoms with E-state index in [1.165, 1.54) is 40.8 Å². The highest BCUT2D eigenvalue weighted by molar-refractivity contribution is 6.99. The number of hydrogen-bond acceptors (Lipinski definition) is 1. The second-order valence-electron chi connectivity index (χ2n) is 10.7. The summed E-state index contributed by atoms with van der Waals surface area (Å²) < 4.78 is 6.99. The predicted molar refractivity (Wildman–Crippen MR) is 149 cm³/mol. The van der Waals surface area contributed by atoms with Crippen molar-refractivity contribution in [3.05, 3.63) is 84.0 Å². The van der Waals surface area contributed by atoms with E-state index in [2.05, 4.69) is 121 Å². The van der Waals surface area contributed by atoms with Crippen LogP contribution in [0, 0.1) is 5.92 Å². The summed E-state index contributed by atoms with van der Waals surface area (Å²) in [7, 11) is -2.45. The molecular weight excluding hydrogens is 416 g/mol. The second-order valence-corrected chi connectivity index (χ2v) is 15.0. The minimum atomic E-state index is -2.45. The standard InChI is InChI=1S/C31H46OSi/c1-8-26(2)22-23-27(3)16-15-17-28(4)24-25-32-33(31(5,6)7,29-18-11-9-12-19-29)30-20-13-10-14-21-30/h9-14,16,18-21,24,26H,8,15,17,22-23,25H2,1-7H3/b27-16+,28-24+. The maximum absolute atomic E-state index is 6.99. The molecule has 2 aromatic carbocycles. The van der Waals surface area contributed by atoms with E-state index in [4.69, 9.17) is 4.43 Å². The molecule has 0 radical (unpaired) electrons. The van der Waals surface area contributed by atoms with Gasteiger partial charge in [0.25, 0.3) is 8.32 Å². The molecule has 180 valence electrons. The van der Waals surface area contributed by atoms with Gasteiger partial charge in [-0.2, -0.15) is 0 Å². The number of allylic oxidation sites excluding steroid dienone is 3. The number of rotatable bonds is 12. The normalized spacial score (nSPS) is 14.4. The van der Waals surface area contributed by atoms with Crippen LogP contribution in [0.2, 0.25) is 5.04 Å². The quantitative estimate of drug-likeness (QED) is 0.229. The van der Waals surface area contributed by atoms with Crippen molar-refractivity contribution in [3.63, 3.8) is 0 Å². The average Bonchev–Trinajstić information content (AvgIpc) is 2.80. The van der Waals surface area contributed by atoms with E-state index in [1.54, 1.807) is 0 Å². The van der Waals surface area contributed by atoms with Gasteiger partial charge in [-0.3, -0.25) is 0 Å². The van der Waals surface area contributed by atoms with E-state index in [0.29, 0.717) is 6.61 Å². The van der Waals surface area contributed by atoms with E-state index < -0.39 is 8.32 Å². The lowest BCUT2D eigenvalue weighted by molar-refractivity contribution is 0.338. The molecule has 0 heterocycles. The minimum absolute atomic E-state index is 0.0208. The van der Waals surface area contributed by atoms with E-state index >= 15 is 0 Å². The summed E-state index contributed by atoms with van der Waals surface area (Å²) in [6.45, 7) is 16.8. The highest BCUT2D eigenvalue weighted by Gasteiger charge is 2.49. The van der Waals surface area contributed by atoms with Crippen LogP contribution in [0.3, 0.4) is 0 Å². The largest absolute Gasteiger partial charge is 0.404 e. The zero-order valence-corrected chi connectivity index (χ0v) is 23.2. The van der Waals surface area contributed by atoms with Crippen molar-refractivity contribution in [1.82, 2.24) is 0 Å². The van der Waals surface area contributed by atoms with Gasteiger partial charge >= 0.3 is 0 Å². The van der Waals surface area contributed by atoms with Crippen molar-refractivity contribution in [2.24, 2.45) is 5.92 Å². The molecule has 2 heteroatoms. The summed E-state index contributed by atoms with van der Waals surface area (Å²) in [6.07, 6.45) is 10.8. The summed E-state index contributed by atoms with van der Waals surface area (Å²) in [4.78, 5) is 0. The molecule has 0 aliphatic carbocycles. The molecule has 0 saturated heterocycles. The average molecular weight is 463 g/mol. The van der Waals surface area contributed by atoms with Gasteiger partial charge in [-0.05, 0) is 60.9 Å². The van der Waals surface area contributed by atoms with Gasteiger partial charge in [0.05, 0.1) is 6.61 Å². The number of benzene rings is 2. The van der Waals surface area contributed by atoms with Crippen LogP contribution in [0.25, 0.3) is 0 Å². The summed E-state index contributed by atoms with van der Waals surface area (Å²) in [5.41, 5.74) is 2.95. The van der Waals surface area contributed by atoms with Crippen molar-refractivity contribution in [1.29, 1.82) is 0 Å². The van der Waals surface area contributed by atoms with Gasteiger partial charge in [0.2, 0.25) is 0 Å². The third-order valence-corrected chi connectivity index (χ3v) is 11.9. The first-order chi connectivity index (χ1) is 15.7. The zero-order chi connectivity index (χ0) is 24.3. The fourth-order valence-corrected chi connectivity index (χ4v) is 8.99. The molecule has 1 atom stereocenters. The third kappa shape index (κ3) is 7.83. The van der Waals surface area contributed by atoms with Crippen molar-refractivity contribution >= 4 is 18.7 Å². The van der Waals surface area contributed by atoms with Crippen molar-refractivity contribution in [2.75, 3.05) is 6.61 Å². The van der Waals surface area contributed by atoms with Gasteiger partial charge in [0, 0.05) is 0 Å². The van der Waals surface area contributed by atoms with Crippen LogP contribution in [0.5, 0.6) is 0 Å². The van der Waals surface area contributed by atoms with Gasteiger partial charge in [0.1, 0.15) is 0 Å². The fraction of sp³-hybridized carbons (Fsp3) is 0.484. The van der Waals surface area contributed by atoms with Crippen molar-refractivity contribution in [3.8, 4) is 0 Å². The summed E-state index contributed by atoms with van der Waals surface area (Å²) in [5.74, 6) is 0.827. The van der Waals surface area contributed by atoms with Gasteiger partial charge in [-0.25, -0.2) is 0 Å². The van der Waals surface area contributed by atoms with Crippen molar-refractivity contribution in [2.45, 2.75) is 85.6 Å². The van der Waals surface area contributed by atoms with Crippen LogP contribution >= 0.6 is 0 Å². The molecule has 0 aliphatic heterocycles. The topological polar surface area (TPSA) is 9.23 Å². The Morgan fingerprint density at radius 1 is 0.848 bits per heavy atom. The Morgan fingerprint density at radius 3 is 1.85 bits per heavy atom. The lowest BCUT2D eigenvalue weighted by atomic mass is 9.99. The molecule has 2 aromatic rings. The van der Waals surface area contributed by atoms with E-state index in [9.17, 15) is 0 Å². The fourth-order valence-electron chi connectivity index (χ4n) is 4.50. The van der Waals surface area contributed by atoms with Gasteiger partial charge in [0.15, 0.2) is 0 Å². The van der Waals surface area contributed by atoms with Crippen LogP contribution in [0.15, 0.2) is 84.0 Å². The van der Waals surface area contributed by atoms with E-state index in [0.717, 1.165) is 18.8 Å². The molecule has 0 aromatic heterocycles. The maximum atomic E-state index is 6.99. The Bertz CT molecular complexity index is 835. The first-order valence-corrected chi connectivity index (χ1v) is 14.7. The van der Waals surface area contributed by atoms with E-state index in [1.807, 2.05) is 0 Å². The minimum Gasteiger partial charge on any atom is -0.404 e. The van der Waals surface area contributed by atoms with Crippen LogP contribution in [0.4, 0.5) is 0 Å². The van der Waals surface area contributed by atoms with Gasteiger partial charge in [-0.15, -0.1) is 0 Å². The Hall–Kier alpha value is -1.90. The van der Waals surface area contributed by atoms with Crippen molar-refractivity contribution < 1.29 is 4.43 Å². The second kappa shape index (κ2) is 13.1. The summed E-state index contributed by atoms with van der Waals surface area (Å²) in [5, 5.41) is 2.71. The monoisotopic (exact) mass is 462 g/mol. The van der Waals surface area contributed by atoms with E-state index in [-0.39, 0.29) is 5.04 Å². The molecular formula is C31H46OSi. The SMILES string of the molecule is CCC(C)CC/C(C)=C/CC/C(C)=C/CO[Si](c1ccccc1)(c1ccccc1)C(C)(C)C. The summed E-state index contributed by atoms with van der Waals surface area (Å²) in [6, 6.07) is 21.8. The Kier molecular flexibility index (Phi) is 10.9. The molecule has 0 N–H and O–H groups in total. The molecule has 1 unspecified atom stereocenters. The predicted octanol–water partition coefficient (Wildman–Crippen LogP) is 8.06. The molecule has 2 rings (SSSR count). The molecule has 33 heavy (non-hydrogen) atoms. The van der Waals surface area contributed by atoms with Gasteiger partial charge in [-0.1, -0.05) is 125 Å². The smallest absolute Gasteiger partial charge is 0.261 e. The van der Waals surface area contributed by atoms with Crippen LogP contribution in [-0.4, -0.2) is 14.9 Å². The molecule has 1 nitrogen and oxygen atoms in total. The van der Waals surface area contributed by atoms with Crippen LogP contribution in [0.1, 0.15) is 80.6 Å². The lowest BCUT2D eigenvalue weighted by Gasteiger charge is -2.42. The first kappa shape index (κ1) is 27.3.